The van der Waals surface area contributed by atoms with Crippen LogP contribution in [-0.2, 0) is 4.74 Å². The molecular weight excluding hydrogens is 208 g/mol. The summed E-state index contributed by atoms with van der Waals surface area (Å²) in [5.74, 6) is -0.427. The Kier molecular flexibility index (Phi) is 6.18. The fourth-order valence-electron chi connectivity index (χ4n) is 1.22. The van der Waals surface area contributed by atoms with Crippen molar-refractivity contribution in [2.24, 2.45) is 0 Å². The molecule has 0 aliphatic heterocycles. The number of aromatic hydroxyl groups is 1. The first-order valence-corrected chi connectivity index (χ1v) is 5.14. The Labute approximate surface area is 95.5 Å². The van der Waals surface area contributed by atoms with E-state index in [-0.39, 0.29) is 5.75 Å². The summed E-state index contributed by atoms with van der Waals surface area (Å²) in [5, 5.41) is 17.8. The van der Waals surface area contributed by atoms with Crippen LogP contribution in [-0.4, -0.2) is 23.0 Å². The molecule has 0 atom stereocenters. The van der Waals surface area contributed by atoms with Gasteiger partial charge in [0.15, 0.2) is 6.79 Å². The molecule has 0 aliphatic rings. The number of hydrogen-bond donors (Lipinski definition) is 2. The Morgan fingerprint density at radius 2 is 1.69 bits per heavy atom. The average Bonchev–Trinajstić information content (AvgIpc) is 2.28. The molecule has 90 valence electrons. The van der Waals surface area contributed by atoms with Gasteiger partial charge in [-0.2, -0.15) is 0 Å². The van der Waals surface area contributed by atoms with Gasteiger partial charge in [0.2, 0.25) is 0 Å². The highest BCUT2D eigenvalue weighted by Crippen LogP contribution is 2.23. The van der Waals surface area contributed by atoms with E-state index < -0.39 is 12.8 Å². The number of aryl methyl sites for hydroxylation is 2. The van der Waals surface area contributed by atoms with E-state index in [1.54, 1.807) is 13.8 Å². The lowest BCUT2D eigenvalue weighted by atomic mass is 10.1. The van der Waals surface area contributed by atoms with Gasteiger partial charge in [-0.1, -0.05) is 13.8 Å². The lowest BCUT2D eigenvalue weighted by molar-refractivity contribution is 0.00682. The lowest BCUT2D eigenvalue weighted by Gasteiger charge is -2.06. The van der Waals surface area contributed by atoms with E-state index in [9.17, 15) is 9.90 Å². The van der Waals surface area contributed by atoms with Crippen molar-refractivity contribution in [1.82, 2.24) is 0 Å². The maximum atomic E-state index is 11.2. The van der Waals surface area contributed by atoms with Crippen LogP contribution in [0.15, 0.2) is 12.1 Å². The summed E-state index contributed by atoms with van der Waals surface area (Å²) in [6, 6.07) is 3.03. The molecule has 1 aromatic rings. The standard InChI is InChI=1S/C10H12O4.C2H6/c1-6-3-8(10(13)14-5-11)4-7(2)9(6)12;1-2/h3-4,11-12H,5H2,1-2H3;1-2H3. The maximum absolute atomic E-state index is 11.2. The molecule has 1 rings (SSSR count). The highest BCUT2D eigenvalue weighted by Gasteiger charge is 2.10. The van der Waals surface area contributed by atoms with Crippen molar-refractivity contribution in [3.63, 3.8) is 0 Å². The monoisotopic (exact) mass is 226 g/mol. The second kappa shape index (κ2) is 6.85. The van der Waals surface area contributed by atoms with Gasteiger partial charge in [-0.15, -0.1) is 0 Å². The third-order valence-corrected chi connectivity index (χ3v) is 1.92. The van der Waals surface area contributed by atoms with Gasteiger partial charge in [-0.25, -0.2) is 4.79 Å². The first kappa shape index (κ1) is 14.5. The van der Waals surface area contributed by atoms with Gasteiger partial charge >= 0.3 is 5.97 Å². The molecule has 0 saturated heterocycles. The number of rotatable bonds is 2. The zero-order chi connectivity index (χ0) is 12.7. The number of phenolic OH excluding ortho intramolecular Hbond substituents is 1. The molecule has 0 bridgehead atoms. The van der Waals surface area contributed by atoms with Crippen molar-refractivity contribution in [2.75, 3.05) is 6.79 Å². The molecule has 0 fully saturated rings. The molecule has 4 heteroatoms. The second-order valence-corrected chi connectivity index (χ2v) is 3.02. The summed E-state index contributed by atoms with van der Waals surface area (Å²) in [7, 11) is 0. The van der Waals surface area contributed by atoms with Crippen LogP contribution < -0.4 is 0 Å². The van der Waals surface area contributed by atoms with Crippen molar-refractivity contribution < 1.29 is 19.7 Å². The average molecular weight is 226 g/mol. The lowest BCUT2D eigenvalue weighted by Crippen LogP contribution is -2.06. The summed E-state index contributed by atoms with van der Waals surface area (Å²) in [4.78, 5) is 11.2. The molecular formula is C12H18O4. The van der Waals surface area contributed by atoms with Crippen LogP contribution in [0.5, 0.6) is 5.75 Å². The summed E-state index contributed by atoms with van der Waals surface area (Å²) < 4.78 is 4.41. The number of aliphatic hydroxyl groups excluding tert-OH is 1. The van der Waals surface area contributed by atoms with Gasteiger partial charge in [-0.05, 0) is 37.1 Å². The van der Waals surface area contributed by atoms with Crippen LogP contribution in [0.3, 0.4) is 0 Å². The molecule has 0 saturated carbocycles. The van der Waals surface area contributed by atoms with E-state index in [1.165, 1.54) is 12.1 Å². The number of esters is 1. The minimum atomic E-state index is -0.641. The number of aliphatic hydroxyl groups is 1. The molecule has 16 heavy (non-hydrogen) atoms. The first-order valence-electron chi connectivity index (χ1n) is 5.14. The van der Waals surface area contributed by atoms with E-state index >= 15 is 0 Å². The van der Waals surface area contributed by atoms with Gasteiger partial charge < -0.3 is 14.9 Å². The summed E-state index contributed by atoms with van der Waals surface area (Å²) in [5.41, 5.74) is 1.54. The normalized spacial score (nSPS) is 9.06. The molecule has 1 aromatic carbocycles. The molecule has 0 aliphatic carbocycles. The van der Waals surface area contributed by atoms with Crippen molar-refractivity contribution in [2.45, 2.75) is 27.7 Å². The van der Waals surface area contributed by atoms with Crippen molar-refractivity contribution >= 4 is 5.97 Å². The zero-order valence-corrected chi connectivity index (χ0v) is 10.1. The van der Waals surface area contributed by atoms with Gasteiger partial charge in [0.05, 0.1) is 5.56 Å². The summed E-state index contributed by atoms with van der Waals surface area (Å²) in [6.07, 6.45) is 0. The van der Waals surface area contributed by atoms with Crippen LogP contribution in [0.25, 0.3) is 0 Å². The highest BCUT2D eigenvalue weighted by atomic mass is 16.6. The zero-order valence-electron chi connectivity index (χ0n) is 10.1. The quantitative estimate of drug-likeness (QED) is 0.599. The Hall–Kier alpha value is -1.55. The van der Waals surface area contributed by atoms with Crippen molar-refractivity contribution in [1.29, 1.82) is 0 Å². The Bertz CT molecular complexity index is 335. The molecule has 0 aromatic heterocycles. The Morgan fingerprint density at radius 3 is 2.06 bits per heavy atom. The van der Waals surface area contributed by atoms with Crippen molar-refractivity contribution in [3.8, 4) is 5.75 Å². The predicted octanol–water partition coefficient (Wildman–Crippen LogP) is 2.14. The molecule has 0 heterocycles. The van der Waals surface area contributed by atoms with Crippen LogP contribution in [0, 0.1) is 13.8 Å². The fraction of sp³-hybridized carbons (Fsp3) is 0.417. The third kappa shape index (κ3) is 3.55. The highest BCUT2D eigenvalue weighted by molar-refractivity contribution is 5.90. The van der Waals surface area contributed by atoms with E-state index in [0.717, 1.165) is 0 Å². The summed E-state index contributed by atoms with van der Waals surface area (Å²) in [6.45, 7) is 6.74. The van der Waals surface area contributed by atoms with Gasteiger partial charge in [0.1, 0.15) is 5.75 Å². The first-order chi connectivity index (χ1) is 7.56. The number of hydrogen-bond acceptors (Lipinski definition) is 4. The largest absolute Gasteiger partial charge is 0.507 e. The van der Waals surface area contributed by atoms with Gasteiger partial charge in [0.25, 0.3) is 0 Å². The van der Waals surface area contributed by atoms with E-state index in [4.69, 9.17) is 5.11 Å². The van der Waals surface area contributed by atoms with Crippen LogP contribution in [0.1, 0.15) is 35.3 Å². The van der Waals surface area contributed by atoms with Gasteiger partial charge in [-0.3, -0.25) is 0 Å². The smallest absolute Gasteiger partial charge is 0.340 e. The third-order valence-electron chi connectivity index (χ3n) is 1.92. The Morgan fingerprint density at radius 1 is 1.25 bits per heavy atom. The number of phenols is 1. The topological polar surface area (TPSA) is 66.8 Å². The summed E-state index contributed by atoms with van der Waals surface area (Å²) >= 11 is 0. The number of benzene rings is 1. The molecule has 2 N–H and O–H groups in total. The second-order valence-electron chi connectivity index (χ2n) is 3.02. The number of carbonyl (C=O) groups excluding carboxylic acids is 1. The van der Waals surface area contributed by atoms with E-state index in [0.29, 0.717) is 16.7 Å². The molecule has 0 spiro atoms. The van der Waals surface area contributed by atoms with Crippen molar-refractivity contribution in [3.05, 3.63) is 28.8 Å². The van der Waals surface area contributed by atoms with E-state index in [2.05, 4.69) is 4.74 Å². The molecule has 0 amide bonds. The van der Waals surface area contributed by atoms with E-state index in [1.807, 2.05) is 13.8 Å². The predicted molar refractivity (Wildman–Crippen MR) is 61.4 cm³/mol. The number of ether oxygens (including phenoxy) is 1. The van der Waals surface area contributed by atoms with Crippen LogP contribution >= 0.6 is 0 Å². The fourth-order valence-corrected chi connectivity index (χ4v) is 1.22. The minimum Gasteiger partial charge on any atom is -0.507 e. The molecule has 0 unspecified atom stereocenters. The SMILES string of the molecule is CC.Cc1cc(C(=O)OCO)cc(C)c1O. The maximum Gasteiger partial charge on any atom is 0.340 e. The minimum absolute atomic E-state index is 0.172. The Balaban J connectivity index is 0.00000106. The van der Waals surface area contributed by atoms with Crippen LogP contribution in [0.2, 0.25) is 0 Å². The van der Waals surface area contributed by atoms with Gasteiger partial charge in [0, 0.05) is 0 Å². The number of carbonyl (C=O) groups is 1. The molecule has 0 radical (unpaired) electrons. The van der Waals surface area contributed by atoms with Crippen LogP contribution in [0.4, 0.5) is 0 Å². The molecule has 4 nitrogen and oxygen atoms in total.